The van der Waals surface area contributed by atoms with E-state index in [1.54, 1.807) is 6.08 Å². The van der Waals surface area contributed by atoms with Crippen molar-refractivity contribution in [1.29, 1.82) is 0 Å². The van der Waals surface area contributed by atoms with E-state index in [1.807, 2.05) is 24.3 Å². The molecule has 2 nitrogen and oxygen atoms in total. The molecular weight excluding hydrogens is 294 g/mol. The molecule has 0 fully saturated rings. The monoisotopic (exact) mass is 309 g/mol. The van der Waals surface area contributed by atoms with Crippen LogP contribution >= 0.6 is 0 Å². The van der Waals surface area contributed by atoms with E-state index in [9.17, 15) is 4.79 Å². The fourth-order valence-electron chi connectivity index (χ4n) is 3.77. The molecule has 1 heterocycles. The lowest BCUT2D eigenvalue weighted by atomic mass is 9.98. The molecule has 2 heteroatoms. The molecule has 0 spiro atoms. The second kappa shape index (κ2) is 4.93. The van der Waals surface area contributed by atoms with E-state index in [0.29, 0.717) is 6.42 Å². The normalized spacial score (nSPS) is 13.6. The highest BCUT2D eigenvalue weighted by molar-refractivity contribution is 6.14. The van der Waals surface area contributed by atoms with Crippen LogP contribution in [0.3, 0.4) is 0 Å². The maximum atomic E-state index is 12.0. The molecule has 4 aromatic rings. The summed E-state index contributed by atoms with van der Waals surface area (Å²) in [5.41, 5.74) is 4.51. The van der Waals surface area contributed by atoms with E-state index < -0.39 is 0 Å². The summed E-state index contributed by atoms with van der Waals surface area (Å²) in [5, 5.41) is 3.69. The van der Waals surface area contributed by atoms with Crippen molar-refractivity contribution in [2.24, 2.45) is 0 Å². The van der Waals surface area contributed by atoms with Crippen LogP contribution in [0.5, 0.6) is 0 Å². The Labute approximate surface area is 139 Å². The van der Waals surface area contributed by atoms with Crippen LogP contribution in [0.25, 0.3) is 33.4 Å². The standard InChI is InChI=1S/C22H15NO/c24-17-11-12-19-21(14-17)23(16-7-2-1-3-8-16)20-13-10-15-6-4-5-9-18(15)22(19)20/h1-13H,14H2. The number of carbonyl (C=O) groups excluding carboxylic acids is 1. The second-order valence-corrected chi connectivity index (χ2v) is 6.19. The number of allylic oxidation sites excluding steroid dienone is 1. The molecule has 1 aliphatic rings. The lowest BCUT2D eigenvalue weighted by molar-refractivity contribution is -0.114. The molecule has 0 bridgehead atoms. The minimum absolute atomic E-state index is 0.159. The fraction of sp³-hybridized carbons (Fsp3) is 0.0455. The molecule has 0 radical (unpaired) electrons. The molecule has 0 unspecified atom stereocenters. The zero-order chi connectivity index (χ0) is 16.1. The quantitative estimate of drug-likeness (QED) is 0.489. The third-order valence-corrected chi connectivity index (χ3v) is 4.79. The summed E-state index contributed by atoms with van der Waals surface area (Å²) in [4.78, 5) is 12.0. The van der Waals surface area contributed by atoms with Gasteiger partial charge in [0.05, 0.1) is 11.9 Å². The van der Waals surface area contributed by atoms with Crippen LogP contribution in [0.2, 0.25) is 0 Å². The molecular formula is C22H15NO. The average molecular weight is 309 g/mol. The van der Waals surface area contributed by atoms with Crippen LogP contribution in [0.15, 0.2) is 72.8 Å². The van der Waals surface area contributed by atoms with Crippen LogP contribution in [-0.4, -0.2) is 10.4 Å². The number of hydrogen-bond donors (Lipinski definition) is 0. The molecule has 0 saturated heterocycles. The Morgan fingerprint density at radius 3 is 2.46 bits per heavy atom. The van der Waals surface area contributed by atoms with Gasteiger partial charge in [-0.2, -0.15) is 0 Å². The smallest absolute Gasteiger partial charge is 0.161 e. The number of carbonyl (C=O) groups is 1. The molecule has 1 aliphatic carbocycles. The van der Waals surface area contributed by atoms with Gasteiger partial charge in [0.2, 0.25) is 0 Å². The number of nitrogens with zero attached hydrogens (tertiary/aromatic N) is 1. The summed E-state index contributed by atoms with van der Waals surface area (Å²) >= 11 is 0. The summed E-state index contributed by atoms with van der Waals surface area (Å²) in [6, 6.07) is 23.0. The lowest BCUT2D eigenvalue weighted by Gasteiger charge is -2.12. The van der Waals surface area contributed by atoms with Crippen molar-refractivity contribution in [3.8, 4) is 5.69 Å². The zero-order valence-corrected chi connectivity index (χ0v) is 13.1. The minimum Gasteiger partial charge on any atom is -0.312 e. The number of benzene rings is 3. The Morgan fingerprint density at radius 1 is 0.792 bits per heavy atom. The van der Waals surface area contributed by atoms with Gasteiger partial charge in [-0.15, -0.1) is 0 Å². The van der Waals surface area contributed by atoms with Gasteiger partial charge >= 0.3 is 0 Å². The van der Waals surface area contributed by atoms with Gasteiger partial charge in [0.15, 0.2) is 5.78 Å². The van der Waals surface area contributed by atoms with Crippen molar-refractivity contribution in [2.75, 3.05) is 0 Å². The average Bonchev–Trinajstić information content (AvgIpc) is 2.96. The molecule has 24 heavy (non-hydrogen) atoms. The highest BCUT2D eigenvalue weighted by Gasteiger charge is 2.22. The van der Waals surface area contributed by atoms with Crippen LogP contribution in [0, 0.1) is 0 Å². The number of ketones is 1. The first-order valence-corrected chi connectivity index (χ1v) is 8.14. The number of rotatable bonds is 1. The van der Waals surface area contributed by atoms with Crippen molar-refractivity contribution >= 4 is 33.5 Å². The zero-order valence-electron chi connectivity index (χ0n) is 13.1. The Kier molecular flexibility index (Phi) is 2.74. The molecule has 0 aliphatic heterocycles. The van der Waals surface area contributed by atoms with Crippen molar-refractivity contribution < 1.29 is 4.79 Å². The molecule has 114 valence electrons. The van der Waals surface area contributed by atoms with Crippen molar-refractivity contribution in [2.45, 2.75) is 6.42 Å². The second-order valence-electron chi connectivity index (χ2n) is 6.19. The number of para-hydroxylation sites is 1. The third kappa shape index (κ3) is 1.80. The lowest BCUT2D eigenvalue weighted by Crippen LogP contribution is -2.09. The summed E-state index contributed by atoms with van der Waals surface area (Å²) < 4.78 is 2.23. The van der Waals surface area contributed by atoms with E-state index >= 15 is 0 Å². The van der Waals surface area contributed by atoms with Crippen molar-refractivity contribution in [3.05, 3.63) is 84.1 Å². The van der Waals surface area contributed by atoms with Gasteiger partial charge in [0.1, 0.15) is 0 Å². The van der Waals surface area contributed by atoms with E-state index in [-0.39, 0.29) is 5.78 Å². The molecule has 0 amide bonds. The Morgan fingerprint density at radius 2 is 1.58 bits per heavy atom. The van der Waals surface area contributed by atoms with E-state index in [0.717, 1.165) is 16.9 Å². The van der Waals surface area contributed by atoms with Gasteiger partial charge in [0, 0.05) is 22.3 Å². The largest absolute Gasteiger partial charge is 0.312 e. The van der Waals surface area contributed by atoms with Gasteiger partial charge in [-0.05, 0) is 41.1 Å². The first-order chi connectivity index (χ1) is 11.8. The van der Waals surface area contributed by atoms with Crippen LogP contribution in [0.1, 0.15) is 11.3 Å². The summed E-state index contributed by atoms with van der Waals surface area (Å²) in [5.74, 6) is 0.159. The first-order valence-electron chi connectivity index (χ1n) is 8.14. The van der Waals surface area contributed by atoms with Crippen LogP contribution < -0.4 is 0 Å². The molecule has 0 atom stereocenters. The SMILES string of the molecule is O=C1C=Cc2c(n(-c3ccccc3)c3ccc4ccccc4c23)C1. The minimum atomic E-state index is 0.159. The number of fused-ring (bicyclic) bond motifs is 5. The summed E-state index contributed by atoms with van der Waals surface area (Å²) in [7, 11) is 0. The Bertz CT molecular complexity index is 1130. The van der Waals surface area contributed by atoms with Gasteiger partial charge in [-0.25, -0.2) is 0 Å². The highest BCUT2D eigenvalue weighted by Crippen LogP contribution is 2.37. The predicted molar refractivity (Wildman–Crippen MR) is 98.5 cm³/mol. The summed E-state index contributed by atoms with van der Waals surface area (Å²) in [6.07, 6.45) is 4.14. The third-order valence-electron chi connectivity index (χ3n) is 4.79. The van der Waals surface area contributed by atoms with Gasteiger partial charge in [-0.1, -0.05) is 48.5 Å². The van der Waals surface area contributed by atoms with Crippen LogP contribution in [-0.2, 0) is 11.2 Å². The highest BCUT2D eigenvalue weighted by atomic mass is 16.1. The van der Waals surface area contributed by atoms with Gasteiger partial charge in [-0.3, -0.25) is 4.79 Å². The molecule has 0 N–H and O–H groups in total. The van der Waals surface area contributed by atoms with E-state index in [4.69, 9.17) is 0 Å². The molecule has 3 aromatic carbocycles. The molecule has 1 aromatic heterocycles. The molecule has 5 rings (SSSR count). The predicted octanol–water partition coefficient (Wildman–Crippen LogP) is 4.92. The Hall–Kier alpha value is -3.13. The fourth-order valence-corrected chi connectivity index (χ4v) is 3.77. The number of hydrogen-bond acceptors (Lipinski definition) is 1. The van der Waals surface area contributed by atoms with E-state index in [2.05, 4.69) is 53.1 Å². The van der Waals surface area contributed by atoms with Crippen LogP contribution in [0.4, 0.5) is 0 Å². The maximum Gasteiger partial charge on any atom is 0.161 e. The van der Waals surface area contributed by atoms with Gasteiger partial charge < -0.3 is 4.57 Å². The topological polar surface area (TPSA) is 22.0 Å². The number of aromatic nitrogens is 1. The Balaban J connectivity index is 1.99. The summed E-state index contributed by atoms with van der Waals surface area (Å²) in [6.45, 7) is 0. The first kappa shape index (κ1) is 13.3. The van der Waals surface area contributed by atoms with Crippen molar-refractivity contribution in [3.63, 3.8) is 0 Å². The van der Waals surface area contributed by atoms with Gasteiger partial charge in [0.25, 0.3) is 0 Å². The van der Waals surface area contributed by atoms with E-state index in [1.165, 1.54) is 21.7 Å². The maximum absolute atomic E-state index is 12.0. The van der Waals surface area contributed by atoms with Crippen molar-refractivity contribution in [1.82, 2.24) is 4.57 Å². The molecule has 0 saturated carbocycles.